The zero-order valence-electron chi connectivity index (χ0n) is 31.1. The summed E-state index contributed by atoms with van der Waals surface area (Å²) in [5, 5.41) is 11.1. The summed E-state index contributed by atoms with van der Waals surface area (Å²) < 4.78 is 30.7. The molecule has 1 saturated heterocycles. The van der Waals surface area contributed by atoms with Crippen LogP contribution in [0.3, 0.4) is 0 Å². The van der Waals surface area contributed by atoms with E-state index in [1.807, 2.05) is 18.2 Å². The molecule has 2 aliphatic rings. The largest absolute Gasteiger partial charge is 0.469 e. The summed E-state index contributed by atoms with van der Waals surface area (Å²) >= 11 is 0. The van der Waals surface area contributed by atoms with E-state index in [2.05, 4.69) is 86.0 Å². The van der Waals surface area contributed by atoms with E-state index in [1.54, 1.807) is 0 Å². The number of carbonyl (C=O) groups excluding carboxylic acids is 1. The topological polar surface area (TPSA) is 83.5 Å². The molecule has 6 atom stereocenters. The highest BCUT2D eigenvalue weighted by Gasteiger charge is 2.50. The molecule has 0 aromatic heterocycles. The second-order valence-corrected chi connectivity index (χ2v) is 25.8. The highest BCUT2D eigenvalue weighted by Crippen LogP contribution is 2.47. The monoisotopic (exact) mass is 680 g/mol. The molecular weight excluding hydrogens is 613 g/mol. The molecule has 0 spiro atoms. The lowest BCUT2D eigenvalue weighted by Gasteiger charge is -2.40. The number of hydrogen-bond acceptors (Lipinski definition) is 7. The van der Waals surface area contributed by atoms with E-state index in [1.165, 1.54) is 13.5 Å². The zero-order valence-corrected chi connectivity index (χ0v) is 33.1. The normalized spacial score (nSPS) is 26.0. The van der Waals surface area contributed by atoms with Crippen LogP contribution in [0.4, 0.5) is 0 Å². The lowest BCUT2D eigenvalue weighted by atomic mass is 9.89. The summed E-state index contributed by atoms with van der Waals surface area (Å²) in [4.78, 5) is 11.4. The zero-order chi connectivity index (χ0) is 34.6. The second-order valence-electron chi connectivity index (χ2n) is 16.2. The predicted octanol–water partition coefficient (Wildman–Crippen LogP) is 9.10. The first-order valence-corrected chi connectivity index (χ1v) is 23.5. The average Bonchev–Trinajstić information content (AvgIpc) is 3.26. The molecular formula is C37H68O7Si2. The van der Waals surface area contributed by atoms with Crippen LogP contribution < -0.4 is 0 Å². The van der Waals surface area contributed by atoms with E-state index < -0.39 is 22.7 Å². The number of methoxy groups -OCH3 is 1. The fourth-order valence-electron chi connectivity index (χ4n) is 5.51. The Hall–Kier alpha value is -1.08. The van der Waals surface area contributed by atoms with Crippen LogP contribution in [0.5, 0.6) is 0 Å². The Bertz CT molecular complexity index is 987. The summed E-state index contributed by atoms with van der Waals surface area (Å²) in [5.41, 5.74) is 0. The molecule has 7 nitrogen and oxygen atoms in total. The SMILES string of the molecule is COC(=O)CC/C=C\C[C@H](O)/C=C/[C@H]1[C@@H](C/C=C\CCOC2CCCCO2)[C@H](O[Si](C)(C)C(C)(C)C)C[C@@H]1O[Si](C)(C)C(C)(C)C. The van der Waals surface area contributed by atoms with E-state index in [4.69, 9.17) is 23.1 Å². The molecule has 1 aliphatic carbocycles. The van der Waals surface area contributed by atoms with Crippen LogP contribution in [0.15, 0.2) is 36.5 Å². The molecule has 0 amide bonds. The molecule has 1 aliphatic heterocycles. The standard InChI is InChI=1S/C37H68O7Si2/c1-36(2,3)45(8,9)43-32-28-33(44-46(10,11)37(4,5)6)31(25-24-29(38)20-14-12-16-22-34(39)40-7)30(32)21-15-13-18-26-41-35-23-17-19-27-42-35/h12-15,24-25,29-33,35,38H,16-23,26-28H2,1-11H3/b14-12-,15-13-,25-24+/t29-,30+,31-,32+,33-,35?/m0/s1. The van der Waals surface area contributed by atoms with E-state index in [-0.39, 0.29) is 46.4 Å². The number of rotatable bonds is 17. The summed E-state index contributed by atoms with van der Waals surface area (Å²) in [6.07, 6.45) is 19.3. The predicted molar refractivity (Wildman–Crippen MR) is 194 cm³/mol. The van der Waals surface area contributed by atoms with E-state index in [0.717, 1.165) is 38.7 Å². The first-order chi connectivity index (χ1) is 21.4. The maximum absolute atomic E-state index is 11.4. The lowest BCUT2D eigenvalue weighted by Crippen LogP contribution is -2.45. The Morgan fingerprint density at radius 1 is 0.913 bits per heavy atom. The fraction of sp³-hybridized carbons (Fsp3) is 0.811. The summed E-state index contributed by atoms with van der Waals surface area (Å²) in [5.74, 6) is 0.139. The molecule has 0 aromatic carbocycles. The highest BCUT2D eigenvalue weighted by molar-refractivity contribution is 6.74. The summed E-state index contributed by atoms with van der Waals surface area (Å²) in [7, 11) is -2.71. The van der Waals surface area contributed by atoms with Gasteiger partial charge in [0.25, 0.3) is 0 Å². The van der Waals surface area contributed by atoms with Crippen LogP contribution in [0.2, 0.25) is 36.3 Å². The van der Waals surface area contributed by atoms with E-state index in [9.17, 15) is 9.90 Å². The van der Waals surface area contributed by atoms with Crippen molar-refractivity contribution in [3.8, 4) is 0 Å². The maximum atomic E-state index is 11.4. The minimum atomic E-state index is -2.07. The van der Waals surface area contributed by atoms with Gasteiger partial charge in [-0.25, -0.2) is 0 Å². The molecule has 1 unspecified atom stereocenters. The molecule has 2 fully saturated rings. The van der Waals surface area contributed by atoms with E-state index in [0.29, 0.717) is 25.9 Å². The fourth-order valence-corrected chi connectivity index (χ4v) is 8.25. The minimum Gasteiger partial charge on any atom is -0.469 e. The molecule has 2 rings (SSSR count). The number of carbonyl (C=O) groups is 1. The molecule has 1 N–H and O–H groups in total. The Kier molecular flexibility index (Phi) is 16.6. The molecule has 1 saturated carbocycles. The first kappa shape index (κ1) is 41.1. The van der Waals surface area contributed by atoms with Crippen LogP contribution in [0.25, 0.3) is 0 Å². The van der Waals surface area contributed by atoms with Crippen molar-refractivity contribution in [2.24, 2.45) is 11.8 Å². The molecule has 0 radical (unpaired) electrons. The smallest absolute Gasteiger partial charge is 0.305 e. The van der Waals surface area contributed by atoms with Crippen LogP contribution in [0, 0.1) is 11.8 Å². The van der Waals surface area contributed by atoms with Crippen molar-refractivity contribution in [1.82, 2.24) is 0 Å². The van der Waals surface area contributed by atoms with Gasteiger partial charge in [-0.15, -0.1) is 0 Å². The minimum absolute atomic E-state index is 0.0277. The van der Waals surface area contributed by atoms with Crippen molar-refractivity contribution >= 4 is 22.6 Å². The van der Waals surface area contributed by atoms with Crippen molar-refractivity contribution in [3.63, 3.8) is 0 Å². The molecule has 266 valence electrons. The van der Waals surface area contributed by atoms with E-state index >= 15 is 0 Å². The van der Waals surface area contributed by atoms with Gasteiger partial charge in [0.15, 0.2) is 22.9 Å². The number of ether oxygens (including phenoxy) is 3. The van der Waals surface area contributed by atoms with Gasteiger partial charge < -0.3 is 28.2 Å². The quantitative estimate of drug-likeness (QED) is 0.0710. The van der Waals surface area contributed by atoms with Gasteiger partial charge in [-0.2, -0.15) is 0 Å². The van der Waals surface area contributed by atoms with Gasteiger partial charge in [0.05, 0.1) is 32.0 Å². The molecule has 46 heavy (non-hydrogen) atoms. The summed E-state index contributed by atoms with van der Waals surface area (Å²) in [6.45, 7) is 24.6. The van der Waals surface area contributed by atoms with Crippen LogP contribution in [-0.2, 0) is 27.9 Å². The van der Waals surface area contributed by atoms with Gasteiger partial charge in [0.2, 0.25) is 0 Å². The number of aliphatic hydroxyl groups is 1. The van der Waals surface area contributed by atoms with Gasteiger partial charge in [-0.3, -0.25) is 4.79 Å². The van der Waals surface area contributed by atoms with Gasteiger partial charge in [0.1, 0.15) is 0 Å². The molecule has 9 heteroatoms. The van der Waals surface area contributed by atoms with Crippen molar-refractivity contribution in [2.45, 2.75) is 160 Å². The lowest BCUT2D eigenvalue weighted by molar-refractivity contribution is -0.161. The highest BCUT2D eigenvalue weighted by atomic mass is 28.4. The van der Waals surface area contributed by atoms with Crippen LogP contribution >= 0.6 is 0 Å². The van der Waals surface area contributed by atoms with Crippen molar-refractivity contribution in [3.05, 3.63) is 36.5 Å². The molecule has 1 heterocycles. The third-order valence-corrected chi connectivity index (χ3v) is 19.5. The third kappa shape index (κ3) is 13.4. The number of esters is 1. The van der Waals surface area contributed by atoms with Crippen molar-refractivity contribution in [1.29, 1.82) is 0 Å². The molecule has 0 aromatic rings. The Labute approximate surface area is 283 Å². The van der Waals surface area contributed by atoms with Crippen molar-refractivity contribution in [2.75, 3.05) is 20.3 Å². The maximum Gasteiger partial charge on any atom is 0.305 e. The van der Waals surface area contributed by atoms with Gasteiger partial charge >= 0.3 is 5.97 Å². The first-order valence-electron chi connectivity index (χ1n) is 17.7. The molecule has 0 bridgehead atoms. The number of hydrogen-bond donors (Lipinski definition) is 1. The van der Waals surface area contributed by atoms with Gasteiger partial charge in [0, 0.05) is 18.9 Å². The Morgan fingerprint density at radius 3 is 2.13 bits per heavy atom. The number of aliphatic hydroxyl groups excluding tert-OH is 1. The summed E-state index contributed by atoms with van der Waals surface area (Å²) in [6, 6.07) is 0. The van der Waals surface area contributed by atoms with Crippen molar-refractivity contribution < 1.29 is 33.0 Å². The van der Waals surface area contributed by atoms with Crippen LogP contribution in [-0.4, -0.2) is 72.6 Å². The number of allylic oxidation sites excluding steroid dienone is 2. The van der Waals surface area contributed by atoms with Gasteiger partial charge in [-0.05, 0) is 93.5 Å². The Morgan fingerprint density at radius 2 is 1.54 bits per heavy atom. The van der Waals surface area contributed by atoms with Crippen LogP contribution in [0.1, 0.15) is 99.3 Å². The average molecular weight is 681 g/mol. The Balaban J connectivity index is 2.26. The third-order valence-electron chi connectivity index (χ3n) is 10.5. The van der Waals surface area contributed by atoms with Gasteiger partial charge in [-0.1, -0.05) is 78.0 Å². The second kappa shape index (κ2) is 18.6.